The van der Waals surface area contributed by atoms with Crippen LogP contribution in [0.5, 0.6) is 0 Å². The number of hydrogen-bond donors (Lipinski definition) is 1. The van der Waals surface area contributed by atoms with E-state index in [1.54, 1.807) is 0 Å². The van der Waals surface area contributed by atoms with Gasteiger partial charge in [-0.1, -0.05) is 60.5 Å². The van der Waals surface area contributed by atoms with Gasteiger partial charge in [-0.25, -0.2) is 0 Å². The van der Waals surface area contributed by atoms with Crippen LogP contribution in [0.25, 0.3) is 0 Å². The van der Waals surface area contributed by atoms with Crippen LogP contribution in [0.3, 0.4) is 0 Å². The monoisotopic (exact) mass is 414 g/mol. The van der Waals surface area contributed by atoms with Gasteiger partial charge >= 0.3 is 0 Å². The summed E-state index contributed by atoms with van der Waals surface area (Å²) < 4.78 is 0. The molecule has 6 unspecified atom stereocenters. The van der Waals surface area contributed by atoms with Gasteiger partial charge in [0.1, 0.15) is 0 Å². The molecule has 0 radical (unpaired) electrons. The van der Waals surface area contributed by atoms with Crippen molar-refractivity contribution in [3.63, 3.8) is 0 Å². The SMILES string of the molecule is CC(C)[C@@H](C)CC[C@@H](C)C1CCC2C3CC[C@H]4CC(=O)C=CC4(C)C3[C@H](O)CC21C. The largest absolute Gasteiger partial charge is 0.393 e. The maximum Gasteiger partial charge on any atom is 0.155 e. The zero-order valence-electron chi connectivity index (χ0n) is 20.4. The molecule has 1 N–H and O–H groups in total. The number of ketones is 1. The van der Waals surface area contributed by atoms with Gasteiger partial charge in [-0.3, -0.25) is 4.79 Å². The van der Waals surface area contributed by atoms with Crippen LogP contribution in [0.1, 0.15) is 92.9 Å². The number of allylic oxidation sites excluding steroid dienone is 2. The van der Waals surface area contributed by atoms with E-state index >= 15 is 0 Å². The molecule has 0 bridgehead atoms. The van der Waals surface area contributed by atoms with Gasteiger partial charge in [0.2, 0.25) is 0 Å². The highest BCUT2D eigenvalue weighted by Crippen LogP contribution is 2.67. The van der Waals surface area contributed by atoms with Crippen molar-refractivity contribution in [3.05, 3.63) is 12.2 Å². The number of aliphatic hydroxyl groups is 1. The number of fused-ring (bicyclic) bond motifs is 5. The van der Waals surface area contributed by atoms with E-state index < -0.39 is 0 Å². The van der Waals surface area contributed by atoms with Gasteiger partial charge in [-0.2, -0.15) is 0 Å². The summed E-state index contributed by atoms with van der Waals surface area (Å²) in [4.78, 5) is 12.1. The third kappa shape index (κ3) is 3.54. The first-order chi connectivity index (χ1) is 14.1. The normalized spacial score (nSPS) is 47.5. The van der Waals surface area contributed by atoms with Crippen LogP contribution in [0, 0.1) is 58.2 Å². The average Bonchev–Trinajstić information content (AvgIpc) is 3.02. The summed E-state index contributed by atoms with van der Waals surface area (Å²) in [6.07, 6.45) is 13.2. The molecule has 3 fully saturated rings. The van der Waals surface area contributed by atoms with Crippen molar-refractivity contribution < 1.29 is 9.90 Å². The fourth-order valence-electron chi connectivity index (χ4n) is 8.79. The fraction of sp³-hybridized carbons (Fsp3) is 0.893. The molecule has 2 nitrogen and oxygen atoms in total. The first-order valence-corrected chi connectivity index (χ1v) is 13.0. The van der Waals surface area contributed by atoms with E-state index in [4.69, 9.17) is 0 Å². The van der Waals surface area contributed by atoms with Crippen LogP contribution in [0.4, 0.5) is 0 Å². The van der Waals surface area contributed by atoms with Gasteiger partial charge in [0.15, 0.2) is 5.78 Å². The molecule has 4 rings (SSSR count). The van der Waals surface area contributed by atoms with Gasteiger partial charge < -0.3 is 5.11 Å². The van der Waals surface area contributed by atoms with Crippen molar-refractivity contribution in [2.45, 2.75) is 99.0 Å². The second kappa shape index (κ2) is 8.05. The standard InChI is InChI=1S/C28H46O2/c1-17(2)18(3)7-8-19(4)23-11-12-24-22-10-9-20-15-21(29)13-14-27(20,5)26(22)25(30)16-28(23,24)6/h13-14,17-20,22-26,30H,7-12,15-16H2,1-6H3/t18-,19+,20-,22?,23?,24?,25+,26?,27?,28?/m0/s1. The molecule has 0 saturated heterocycles. The number of carbonyl (C=O) groups excluding carboxylic acids is 1. The predicted molar refractivity (Wildman–Crippen MR) is 124 cm³/mol. The van der Waals surface area contributed by atoms with Gasteiger partial charge in [-0.15, -0.1) is 0 Å². The lowest BCUT2D eigenvalue weighted by atomic mass is 9.44. The number of carbonyl (C=O) groups is 1. The molecule has 3 saturated carbocycles. The molecule has 170 valence electrons. The lowest BCUT2D eigenvalue weighted by molar-refractivity contribution is -0.153. The van der Waals surface area contributed by atoms with Gasteiger partial charge in [0, 0.05) is 6.42 Å². The molecular formula is C28H46O2. The second-order valence-corrected chi connectivity index (χ2v) is 12.7. The molecule has 10 atom stereocenters. The van der Waals surface area contributed by atoms with E-state index in [1.165, 1.54) is 38.5 Å². The molecule has 30 heavy (non-hydrogen) atoms. The summed E-state index contributed by atoms with van der Waals surface area (Å²) in [5.41, 5.74) is 0.298. The first kappa shape index (κ1) is 22.6. The summed E-state index contributed by atoms with van der Waals surface area (Å²) in [5, 5.41) is 11.6. The number of rotatable bonds is 5. The minimum atomic E-state index is -0.218. The van der Waals surface area contributed by atoms with E-state index in [9.17, 15) is 9.90 Å². The van der Waals surface area contributed by atoms with Gasteiger partial charge in [0.05, 0.1) is 6.10 Å². The maximum absolute atomic E-state index is 12.1. The van der Waals surface area contributed by atoms with Crippen LogP contribution >= 0.6 is 0 Å². The van der Waals surface area contributed by atoms with E-state index in [0.29, 0.717) is 29.6 Å². The Kier molecular flexibility index (Phi) is 6.06. The smallest absolute Gasteiger partial charge is 0.155 e. The Balaban J connectivity index is 1.53. The lowest BCUT2D eigenvalue weighted by Gasteiger charge is -2.61. The highest BCUT2D eigenvalue weighted by molar-refractivity contribution is 5.91. The highest BCUT2D eigenvalue weighted by atomic mass is 16.3. The van der Waals surface area contributed by atoms with Crippen molar-refractivity contribution in [2.24, 2.45) is 58.2 Å². The summed E-state index contributed by atoms with van der Waals surface area (Å²) in [7, 11) is 0. The summed E-state index contributed by atoms with van der Waals surface area (Å²) in [6, 6.07) is 0. The fourth-order valence-corrected chi connectivity index (χ4v) is 8.79. The van der Waals surface area contributed by atoms with Crippen LogP contribution in [0.2, 0.25) is 0 Å². The maximum atomic E-state index is 12.1. The molecular weight excluding hydrogens is 368 g/mol. The molecule has 0 amide bonds. The molecule has 4 aliphatic carbocycles. The van der Waals surface area contributed by atoms with Crippen molar-refractivity contribution in [3.8, 4) is 0 Å². The van der Waals surface area contributed by atoms with Crippen LogP contribution in [-0.2, 0) is 4.79 Å². The third-order valence-corrected chi connectivity index (χ3v) is 10.9. The second-order valence-electron chi connectivity index (χ2n) is 12.7. The van der Waals surface area contributed by atoms with E-state index in [2.05, 4.69) is 47.6 Å². The zero-order valence-corrected chi connectivity index (χ0v) is 20.4. The Morgan fingerprint density at radius 3 is 2.50 bits per heavy atom. The van der Waals surface area contributed by atoms with Gasteiger partial charge in [-0.05, 0) is 96.4 Å². The summed E-state index contributed by atoms with van der Waals surface area (Å²) in [5.74, 6) is 5.53. The number of aliphatic hydroxyl groups excluding tert-OH is 1. The molecule has 2 heteroatoms. The molecule has 4 aliphatic rings. The van der Waals surface area contributed by atoms with Crippen molar-refractivity contribution in [1.29, 1.82) is 0 Å². The Morgan fingerprint density at radius 2 is 1.80 bits per heavy atom. The van der Waals surface area contributed by atoms with E-state index in [-0.39, 0.29) is 17.3 Å². The lowest BCUT2D eigenvalue weighted by Crippen LogP contribution is -2.58. The minimum Gasteiger partial charge on any atom is -0.393 e. The molecule has 0 aromatic heterocycles. The topological polar surface area (TPSA) is 37.3 Å². The summed E-state index contributed by atoms with van der Waals surface area (Å²) >= 11 is 0. The van der Waals surface area contributed by atoms with Crippen LogP contribution in [0.15, 0.2) is 12.2 Å². The Hall–Kier alpha value is -0.630. The molecule has 0 aromatic rings. The quantitative estimate of drug-likeness (QED) is 0.545. The Morgan fingerprint density at radius 1 is 1.07 bits per heavy atom. The van der Waals surface area contributed by atoms with Crippen LogP contribution in [-0.4, -0.2) is 17.0 Å². The third-order valence-electron chi connectivity index (χ3n) is 10.9. The van der Waals surface area contributed by atoms with Gasteiger partial charge in [0.25, 0.3) is 0 Å². The van der Waals surface area contributed by atoms with Crippen LogP contribution < -0.4 is 0 Å². The molecule has 0 aliphatic heterocycles. The van der Waals surface area contributed by atoms with E-state index in [0.717, 1.165) is 36.0 Å². The zero-order chi connectivity index (χ0) is 21.8. The van der Waals surface area contributed by atoms with E-state index in [1.807, 2.05) is 6.08 Å². The molecule has 0 heterocycles. The van der Waals surface area contributed by atoms with Crippen molar-refractivity contribution in [2.75, 3.05) is 0 Å². The summed E-state index contributed by atoms with van der Waals surface area (Å²) in [6.45, 7) is 14.5. The average molecular weight is 415 g/mol. The first-order valence-electron chi connectivity index (χ1n) is 13.0. The molecule has 0 aromatic carbocycles. The van der Waals surface area contributed by atoms with Crippen molar-refractivity contribution in [1.82, 2.24) is 0 Å². The highest BCUT2D eigenvalue weighted by Gasteiger charge is 2.62. The Bertz CT molecular complexity index is 680. The minimum absolute atomic E-state index is 0.00791. The number of hydrogen-bond acceptors (Lipinski definition) is 2. The Labute approximate surface area is 185 Å². The van der Waals surface area contributed by atoms with Crippen molar-refractivity contribution >= 4 is 5.78 Å². The predicted octanol–water partition coefficient (Wildman–Crippen LogP) is 6.67. The molecule has 0 spiro atoms.